The van der Waals surface area contributed by atoms with Crippen molar-refractivity contribution in [2.24, 2.45) is 11.3 Å². The Hall–Kier alpha value is -0.0800. The van der Waals surface area contributed by atoms with E-state index in [0.717, 1.165) is 18.5 Å². The van der Waals surface area contributed by atoms with E-state index < -0.39 is 0 Å². The summed E-state index contributed by atoms with van der Waals surface area (Å²) in [7, 11) is 0. The first-order chi connectivity index (χ1) is 10.00. The third-order valence-electron chi connectivity index (χ3n) is 5.68. The number of hydrogen-bond donors (Lipinski definition) is 1. The van der Waals surface area contributed by atoms with Gasteiger partial charge in [-0.15, -0.1) is 0 Å². The second kappa shape index (κ2) is 9.15. The maximum absolute atomic E-state index is 3.89. The predicted octanol–water partition coefficient (Wildman–Crippen LogP) is 4.69. The van der Waals surface area contributed by atoms with Crippen LogP contribution in [-0.4, -0.2) is 36.6 Å². The average Bonchev–Trinajstić information content (AvgIpc) is 2.47. The summed E-state index contributed by atoms with van der Waals surface area (Å²) < 4.78 is 0. The van der Waals surface area contributed by atoms with Gasteiger partial charge in [-0.25, -0.2) is 0 Å². The fourth-order valence-corrected chi connectivity index (χ4v) is 4.09. The molecular weight excluding hydrogens is 256 g/mol. The Morgan fingerprint density at radius 1 is 1.14 bits per heavy atom. The second-order valence-corrected chi connectivity index (χ2v) is 7.65. The van der Waals surface area contributed by atoms with E-state index in [1.807, 2.05) is 0 Å². The smallest absolute Gasteiger partial charge is 0.0274 e. The van der Waals surface area contributed by atoms with Crippen LogP contribution in [0.5, 0.6) is 0 Å². The molecule has 0 heterocycles. The topological polar surface area (TPSA) is 15.3 Å². The van der Waals surface area contributed by atoms with Gasteiger partial charge >= 0.3 is 0 Å². The van der Waals surface area contributed by atoms with Crippen LogP contribution in [0.1, 0.15) is 80.1 Å². The van der Waals surface area contributed by atoms with Crippen LogP contribution in [0, 0.1) is 11.3 Å². The lowest BCUT2D eigenvalue weighted by atomic mass is 9.70. The quantitative estimate of drug-likeness (QED) is 0.664. The molecule has 1 rings (SSSR count). The van der Waals surface area contributed by atoms with Crippen LogP contribution in [0.15, 0.2) is 0 Å². The van der Waals surface area contributed by atoms with E-state index in [0.29, 0.717) is 11.5 Å². The van der Waals surface area contributed by atoms with Gasteiger partial charge in [-0.05, 0) is 43.7 Å². The fraction of sp³-hybridized carbons (Fsp3) is 1.00. The van der Waals surface area contributed by atoms with Crippen molar-refractivity contribution in [3.05, 3.63) is 0 Å². The Kier molecular flexibility index (Phi) is 8.26. The molecule has 0 saturated heterocycles. The number of hydrogen-bond acceptors (Lipinski definition) is 2. The number of likely N-dealkylation sites (N-methyl/N-ethyl adjacent to an activating group) is 1. The average molecular weight is 297 g/mol. The SMILES string of the molecule is CCCNC1C(N(CC)CC(CC)CC)CCCC1(C)C. The zero-order valence-electron chi connectivity index (χ0n) is 15.5. The lowest BCUT2D eigenvalue weighted by Crippen LogP contribution is -2.59. The molecule has 0 aliphatic heterocycles. The van der Waals surface area contributed by atoms with E-state index >= 15 is 0 Å². The molecule has 2 atom stereocenters. The highest BCUT2D eigenvalue weighted by Crippen LogP contribution is 2.38. The maximum Gasteiger partial charge on any atom is 0.0274 e. The van der Waals surface area contributed by atoms with Crippen LogP contribution >= 0.6 is 0 Å². The van der Waals surface area contributed by atoms with Crippen molar-refractivity contribution in [3.63, 3.8) is 0 Å². The van der Waals surface area contributed by atoms with Crippen molar-refractivity contribution in [2.75, 3.05) is 19.6 Å². The molecule has 1 fully saturated rings. The molecule has 0 aromatic heterocycles. The molecule has 21 heavy (non-hydrogen) atoms. The van der Waals surface area contributed by atoms with Crippen LogP contribution in [0.4, 0.5) is 0 Å². The minimum Gasteiger partial charge on any atom is -0.312 e. The zero-order valence-corrected chi connectivity index (χ0v) is 15.5. The molecule has 2 unspecified atom stereocenters. The first kappa shape index (κ1) is 19.0. The number of nitrogens with one attached hydrogen (secondary N) is 1. The van der Waals surface area contributed by atoms with Crippen LogP contribution in [0.3, 0.4) is 0 Å². The molecule has 0 spiro atoms. The Labute approximate surface area is 134 Å². The van der Waals surface area contributed by atoms with Crippen molar-refractivity contribution >= 4 is 0 Å². The van der Waals surface area contributed by atoms with E-state index in [4.69, 9.17) is 0 Å². The summed E-state index contributed by atoms with van der Waals surface area (Å²) in [4.78, 5) is 2.78. The normalized spacial score (nSPS) is 25.7. The van der Waals surface area contributed by atoms with E-state index in [9.17, 15) is 0 Å². The lowest BCUT2D eigenvalue weighted by Gasteiger charge is -2.49. The van der Waals surface area contributed by atoms with Gasteiger partial charge in [0.2, 0.25) is 0 Å². The summed E-state index contributed by atoms with van der Waals surface area (Å²) in [5, 5.41) is 3.89. The van der Waals surface area contributed by atoms with Gasteiger partial charge in [0.25, 0.3) is 0 Å². The summed E-state index contributed by atoms with van der Waals surface area (Å²) in [6.45, 7) is 17.9. The Bertz CT molecular complexity index is 271. The molecule has 1 N–H and O–H groups in total. The molecule has 2 heteroatoms. The van der Waals surface area contributed by atoms with Crippen molar-refractivity contribution in [1.29, 1.82) is 0 Å². The molecule has 126 valence electrons. The van der Waals surface area contributed by atoms with Crippen LogP contribution < -0.4 is 5.32 Å². The van der Waals surface area contributed by atoms with Gasteiger partial charge in [0, 0.05) is 18.6 Å². The van der Waals surface area contributed by atoms with Crippen LogP contribution in [0.25, 0.3) is 0 Å². The van der Waals surface area contributed by atoms with Gasteiger partial charge in [-0.1, -0.05) is 60.8 Å². The highest BCUT2D eigenvalue weighted by Gasteiger charge is 2.40. The summed E-state index contributed by atoms with van der Waals surface area (Å²) in [6, 6.07) is 1.38. The Morgan fingerprint density at radius 2 is 1.81 bits per heavy atom. The van der Waals surface area contributed by atoms with Crippen LogP contribution in [-0.2, 0) is 0 Å². The van der Waals surface area contributed by atoms with E-state index in [1.54, 1.807) is 0 Å². The molecule has 1 aliphatic rings. The van der Waals surface area contributed by atoms with Gasteiger partial charge in [-0.2, -0.15) is 0 Å². The highest BCUT2D eigenvalue weighted by atomic mass is 15.2. The molecule has 0 bridgehead atoms. The largest absolute Gasteiger partial charge is 0.312 e. The zero-order chi connectivity index (χ0) is 15.9. The van der Waals surface area contributed by atoms with Crippen molar-refractivity contribution in [1.82, 2.24) is 10.2 Å². The summed E-state index contributed by atoms with van der Waals surface area (Å²) >= 11 is 0. The molecule has 0 aromatic carbocycles. The molecule has 0 radical (unpaired) electrons. The van der Waals surface area contributed by atoms with E-state index in [2.05, 4.69) is 51.8 Å². The minimum atomic E-state index is 0.430. The minimum absolute atomic E-state index is 0.430. The summed E-state index contributed by atoms with van der Waals surface area (Å²) in [6.07, 6.45) is 8.00. The van der Waals surface area contributed by atoms with E-state index in [-0.39, 0.29) is 0 Å². The number of rotatable bonds is 9. The van der Waals surface area contributed by atoms with Gasteiger partial charge in [0.1, 0.15) is 0 Å². The standard InChI is InChI=1S/C19H40N2/c1-7-14-20-18-17(12-11-13-19(18,5)6)21(10-4)15-16(8-2)9-3/h16-18,20H,7-15H2,1-6H3. The van der Waals surface area contributed by atoms with E-state index in [1.165, 1.54) is 51.6 Å². The van der Waals surface area contributed by atoms with Crippen molar-refractivity contribution < 1.29 is 0 Å². The van der Waals surface area contributed by atoms with Gasteiger partial charge in [0.15, 0.2) is 0 Å². The van der Waals surface area contributed by atoms with Crippen molar-refractivity contribution in [2.45, 2.75) is 92.2 Å². The predicted molar refractivity (Wildman–Crippen MR) is 94.8 cm³/mol. The van der Waals surface area contributed by atoms with Crippen molar-refractivity contribution in [3.8, 4) is 0 Å². The highest BCUT2D eigenvalue weighted by molar-refractivity contribution is 4.98. The monoisotopic (exact) mass is 296 g/mol. The van der Waals surface area contributed by atoms with Gasteiger partial charge in [-0.3, -0.25) is 4.90 Å². The first-order valence-corrected chi connectivity index (χ1v) is 9.47. The molecule has 2 nitrogen and oxygen atoms in total. The molecule has 0 aromatic rings. The third kappa shape index (κ3) is 5.25. The number of nitrogens with zero attached hydrogens (tertiary/aromatic N) is 1. The Morgan fingerprint density at radius 3 is 2.33 bits per heavy atom. The third-order valence-corrected chi connectivity index (χ3v) is 5.68. The maximum atomic E-state index is 3.89. The Balaban J connectivity index is 2.81. The first-order valence-electron chi connectivity index (χ1n) is 9.47. The second-order valence-electron chi connectivity index (χ2n) is 7.65. The fourth-order valence-electron chi connectivity index (χ4n) is 4.09. The van der Waals surface area contributed by atoms with Crippen LogP contribution in [0.2, 0.25) is 0 Å². The summed E-state index contributed by atoms with van der Waals surface area (Å²) in [5.74, 6) is 0.863. The van der Waals surface area contributed by atoms with Gasteiger partial charge in [0.05, 0.1) is 0 Å². The molecule has 1 saturated carbocycles. The molecular formula is C19H40N2. The van der Waals surface area contributed by atoms with Gasteiger partial charge < -0.3 is 5.32 Å². The lowest BCUT2D eigenvalue weighted by molar-refractivity contribution is 0.0415. The summed E-state index contributed by atoms with van der Waals surface area (Å²) in [5.41, 5.74) is 0.430. The molecule has 0 amide bonds. The molecule has 1 aliphatic carbocycles.